The van der Waals surface area contributed by atoms with Crippen molar-refractivity contribution < 1.29 is 9.90 Å². The molecule has 18 heavy (non-hydrogen) atoms. The Morgan fingerprint density at radius 1 is 1.44 bits per heavy atom. The van der Waals surface area contributed by atoms with Gasteiger partial charge >= 0.3 is 5.97 Å². The molecule has 0 amide bonds. The number of benzene rings is 1. The number of carboxylic acids is 1. The Morgan fingerprint density at radius 3 is 2.83 bits per heavy atom. The zero-order valence-electron chi connectivity index (χ0n) is 10.0. The molecule has 1 aliphatic carbocycles. The molecular weight excluding hydrogens is 246 g/mol. The summed E-state index contributed by atoms with van der Waals surface area (Å²) in [5, 5.41) is 9.85. The van der Waals surface area contributed by atoms with Crippen LogP contribution in [0.25, 0.3) is 10.6 Å². The maximum absolute atomic E-state index is 11.0. The zero-order valence-corrected chi connectivity index (χ0v) is 10.8. The van der Waals surface area contributed by atoms with Crippen molar-refractivity contribution in [3.05, 3.63) is 40.4 Å². The van der Waals surface area contributed by atoms with Crippen LogP contribution in [-0.4, -0.2) is 16.1 Å². The van der Waals surface area contributed by atoms with E-state index in [2.05, 4.69) is 17.1 Å². The topological polar surface area (TPSA) is 50.2 Å². The summed E-state index contributed by atoms with van der Waals surface area (Å²) >= 11 is 1.25. The van der Waals surface area contributed by atoms with Crippen LogP contribution in [0.15, 0.2) is 24.3 Å². The normalized spacial score (nSPS) is 14.7. The second-order valence-electron chi connectivity index (χ2n) is 4.64. The minimum Gasteiger partial charge on any atom is -0.477 e. The van der Waals surface area contributed by atoms with Crippen LogP contribution in [0.3, 0.4) is 0 Å². The number of aryl methyl sites for hydroxylation is 1. The maximum atomic E-state index is 11.0. The summed E-state index contributed by atoms with van der Waals surface area (Å²) in [5.74, 6) is -0.195. The van der Waals surface area contributed by atoms with Crippen molar-refractivity contribution in [1.82, 2.24) is 4.98 Å². The largest absolute Gasteiger partial charge is 0.477 e. The van der Waals surface area contributed by atoms with E-state index in [1.54, 1.807) is 6.92 Å². The van der Waals surface area contributed by atoms with Crippen molar-refractivity contribution in [3.8, 4) is 10.6 Å². The smallest absolute Gasteiger partial charge is 0.347 e. The molecule has 1 aromatic carbocycles. The quantitative estimate of drug-likeness (QED) is 0.914. The van der Waals surface area contributed by atoms with E-state index in [0.717, 1.165) is 10.6 Å². The van der Waals surface area contributed by atoms with Gasteiger partial charge in [0.2, 0.25) is 0 Å². The second kappa shape index (κ2) is 4.21. The van der Waals surface area contributed by atoms with Crippen LogP contribution in [0.4, 0.5) is 0 Å². The summed E-state index contributed by atoms with van der Waals surface area (Å²) in [5.41, 5.74) is 2.97. The Balaban J connectivity index is 2.01. The average molecular weight is 259 g/mol. The molecule has 0 saturated heterocycles. The van der Waals surface area contributed by atoms with E-state index in [-0.39, 0.29) is 0 Å². The molecule has 4 heteroatoms. The minimum atomic E-state index is -0.894. The number of thiazole rings is 1. The van der Waals surface area contributed by atoms with E-state index in [4.69, 9.17) is 5.11 Å². The molecule has 0 atom stereocenters. The van der Waals surface area contributed by atoms with Gasteiger partial charge in [0.05, 0.1) is 5.69 Å². The molecule has 0 radical (unpaired) electrons. The van der Waals surface area contributed by atoms with Gasteiger partial charge in [0.25, 0.3) is 0 Å². The van der Waals surface area contributed by atoms with Crippen molar-refractivity contribution in [3.63, 3.8) is 0 Å². The summed E-state index contributed by atoms with van der Waals surface area (Å²) in [6, 6.07) is 8.30. The maximum Gasteiger partial charge on any atom is 0.347 e. The number of carboxylic acid groups (broad SMARTS) is 1. The molecule has 0 bridgehead atoms. The van der Waals surface area contributed by atoms with Gasteiger partial charge in [0.15, 0.2) is 0 Å². The van der Waals surface area contributed by atoms with Crippen molar-refractivity contribution in [2.75, 3.05) is 0 Å². The summed E-state index contributed by atoms with van der Waals surface area (Å²) in [4.78, 5) is 15.7. The Kier molecular flexibility index (Phi) is 2.67. The highest BCUT2D eigenvalue weighted by Gasteiger charge is 2.24. The van der Waals surface area contributed by atoms with Crippen molar-refractivity contribution >= 4 is 17.3 Å². The highest BCUT2D eigenvalue weighted by molar-refractivity contribution is 7.17. The molecule has 1 N–H and O–H groups in total. The molecule has 0 spiro atoms. The average Bonchev–Trinajstić information content (AvgIpc) is 3.12. The van der Waals surface area contributed by atoms with Crippen LogP contribution in [0.5, 0.6) is 0 Å². The SMILES string of the molecule is Cc1nc(-c2cccc(C3CC3)c2)sc1C(=O)O. The predicted octanol–water partition coefficient (Wildman–Crippen LogP) is 3.69. The first kappa shape index (κ1) is 11.4. The molecule has 1 saturated carbocycles. The number of carbonyl (C=O) groups is 1. The summed E-state index contributed by atoms with van der Waals surface area (Å²) in [6.45, 7) is 1.74. The van der Waals surface area contributed by atoms with Crippen molar-refractivity contribution in [2.24, 2.45) is 0 Å². The molecule has 0 unspecified atom stereocenters. The third kappa shape index (κ3) is 2.04. The first-order valence-corrected chi connectivity index (χ1v) is 6.78. The first-order valence-electron chi connectivity index (χ1n) is 5.96. The highest BCUT2D eigenvalue weighted by atomic mass is 32.1. The van der Waals surface area contributed by atoms with Crippen LogP contribution in [0, 0.1) is 6.92 Å². The van der Waals surface area contributed by atoms with Gasteiger partial charge in [-0.05, 0) is 37.3 Å². The molecule has 2 aromatic rings. The standard InChI is InChI=1S/C14H13NO2S/c1-8-12(14(16)17)18-13(15-8)11-4-2-3-10(7-11)9-5-6-9/h2-4,7,9H,5-6H2,1H3,(H,16,17). The van der Waals surface area contributed by atoms with Gasteiger partial charge in [0, 0.05) is 5.56 Å². The Hall–Kier alpha value is -1.68. The number of aromatic nitrogens is 1. The van der Waals surface area contributed by atoms with Crippen molar-refractivity contribution in [1.29, 1.82) is 0 Å². The first-order chi connectivity index (χ1) is 8.65. The third-order valence-electron chi connectivity index (χ3n) is 3.17. The summed E-state index contributed by atoms with van der Waals surface area (Å²) < 4.78 is 0. The van der Waals surface area contributed by atoms with E-state index in [1.807, 2.05) is 12.1 Å². The molecule has 3 nitrogen and oxygen atoms in total. The van der Waals surface area contributed by atoms with Gasteiger partial charge in [-0.2, -0.15) is 0 Å². The van der Waals surface area contributed by atoms with Gasteiger partial charge in [-0.1, -0.05) is 18.2 Å². The fourth-order valence-electron chi connectivity index (χ4n) is 2.06. The van der Waals surface area contributed by atoms with Gasteiger partial charge in [-0.15, -0.1) is 11.3 Å². The Bertz CT molecular complexity index is 614. The third-order valence-corrected chi connectivity index (χ3v) is 4.37. The van der Waals surface area contributed by atoms with E-state index < -0.39 is 5.97 Å². The van der Waals surface area contributed by atoms with Gasteiger partial charge < -0.3 is 5.11 Å². The number of hydrogen-bond acceptors (Lipinski definition) is 3. The van der Waals surface area contributed by atoms with Crippen LogP contribution in [-0.2, 0) is 0 Å². The lowest BCUT2D eigenvalue weighted by atomic mass is 10.1. The molecule has 1 fully saturated rings. The predicted molar refractivity (Wildman–Crippen MR) is 71.2 cm³/mol. The van der Waals surface area contributed by atoms with Gasteiger partial charge in [-0.3, -0.25) is 0 Å². The number of hydrogen-bond donors (Lipinski definition) is 1. The molecule has 1 heterocycles. The monoisotopic (exact) mass is 259 g/mol. The van der Waals surface area contributed by atoms with Gasteiger partial charge in [-0.25, -0.2) is 9.78 Å². The molecule has 3 rings (SSSR count). The minimum absolute atomic E-state index is 0.335. The number of nitrogens with zero attached hydrogens (tertiary/aromatic N) is 1. The van der Waals surface area contributed by atoms with E-state index in [9.17, 15) is 4.79 Å². The highest BCUT2D eigenvalue weighted by Crippen LogP contribution is 2.41. The molecule has 92 valence electrons. The number of rotatable bonds is 3. The lowest BCUT2D eigenvalue weighted by molar-refractivity contribution is 0.0701. The number of aromatic carboxylic acids is 1. The summed E-state index contributed by atoms with van der Waals surface area (Å²) in [6.07, 6.45) is 2.53. The molecule has 0 aliphatic heterocycles. The molecular formula is C14H13NO2S. The lowest BCUT2D eigenvalue weighted by Gasteiger charge is -2.00. The Labute approximate surface area is 109 Å². The van der Waals surface area contributed by atoms with Gasteiger partial charge in [0.1, 0.15) is 9.88 Å². The Morgan fingerprint density at radius 2 is 2.22 bits per heavy atom. The van der Waals surface area contributed by atoms with Crippen LogP contribution in [0.1, 0.15) is 39.7 Å². The molecule has 1 aromatic heterocycles. The van der Waals surface area contributed by atoms with Crippen molar-refractivity contribution in [2.45, 2.75) is 25.7 Å². The van der Waals surface area contributed by atoms with Crippen LogP contribution < -0.4 is 0 Å². The van der Waals surface area contributed by atoms with E-state index >= 15 is 0 Å². The fraction of sp³-hybridized carbons (Fsp3) is 0.286. The zero-order chi connectivity index (χ0) is 12.7. The fourth-order valence-corrected chi connectivity index (χ4v) is 2.96. The van der Waals surface area contributed by atoms with Crippen LogP contribution >= 0.6 is 11.3 Å². The summed E-state index contributed by atoms with van der Waals surface area (Å²) in [7, 11) is 0. The molecule has 1 aliphatic rings. The lowest BCUT2D eigenvalue weighted by Crippen LogP contribution is -1.94. The van der Waals surface area contributed by atoms with Crippen LogP contribution in [0.2, 0.25) is 0 Å². The van der Waals surface area contributed by atoms with E-state index in [0.29, 0.717) is 16.5 Å². The second-order valence-corrected chi connectivity index (χ2v) is 5.64. The van der Waals surface area contributed by atoms with E-state index in [1.165, 1.54) is 29.7 Å².